The second kappa shape index (κ2) is 9.70. The molecule has 0 aliphatic heterocycles. The minimum absolute atomic E-state index is 0.0207. The number of amides is 1. The molecular formula is C23H21N5O4S. The van der Waals surface area contributed by atoms with E-state index < -0.39 is 5.97 Å². The average molecular weight is 464 g/mol. The predicted octanol–water partition coefficient (Wildman–Crippen LogP) is 3.14. The van der Waals surface area contributed by atoms with Crippen LogP contribution in [0.1, 0.15) is 17.3 Å². The van der Waals surface area contributed by atoms with Crippen molar-refractivity contribution in [1.82, 2.24) is 19.2 Å². The first-order valence-electron chi connectivity index (χ1n) is 10.2. The van der Waals surface area contributed by atoms with Crippen LogP contribution in [0.25, 0.3) is 16.7 Å². The average Bonchev–Trinajstić information content (AvgIpc) is 3.25. The van der Waals surface area contributed by atoms with Gasteiger partial charge in [-0.25, -0.2) is 4.79 Å². The lowest BCUT2D eigenvalue weighted by Crippen LogP contribution is -2.23. The molecule has 0 bridgehead atoms. The summed E-state index contributed by atoms with van der Waals surface area (Å²) in [5, 5.41) is 12.1. The van der Waals surface area contributed by atoms with E-state index in [1.165, 1.54) is 16.3 Å². The molecule has 2 aromatic carbocycles. The van der Waals surface area contributed by atoms with Crippen molar-refractivity contribution in [3.63, 3.8) is 0 Å². The van der Waals surface area contributed by atoms with Gasteiger partial charge in [0.25, 0.3) is 5.56 Å². The molecule has 1 N–H and O–H groups in total. The zero-order valence-electron chi connectivity index (χ0n) is 17.9. The largest absolute Gasteiger partial charge is 0.462 e. The van der Waals surface area contributed by atoms with E-state index in [1.54, 1.807) is 53.8 Å². The summed E-state index contributed by atoms with van der Waals surface area (Å²) >= 11 is 1.18. The van der Waals surface area contributed by atoms with Gasteiger partial charge in [-0.05, 0) is 31.2 Å². The van der Waals surface area contributed by atoms with E-state index in [9.17, 15) is 14.4 Å². The molecule has 0 spiro atoms. The highest BCUT2D eigenvalue weighted by atomic mass is 32.2. The number of allylic oxidation sites excluding steroid dienone is 1. The van der Waals surface area contributed by atoms with Crippen molar-refractivity contribution in [2.75, 3.05) is 17.7 Å². The lowest BCUT2D eigenvalue weighted by Gasteiger charge is -2.11. The number of carbonyl (C=O) groups excluding carboxylic acids is 2. The van der Waals surface area contributed by atoms with Gasteiger partial charge in [-0.1, -0.05) is 42.1 Å². The number of esters is 1. The first-order valence-corrected chi connectivity index (χ1v) is 11.2. The maximum Gasteiger partial charge on any atom is 0.340 e. The maximum atomic E-state index is 12.9. The molecule has 1 amide bonds. The van der Waals surface area contributed by atoms with Gasteiger partial charge < -0.3 is 10.1 Å². The van der Waals surface area contributed by atoms with E-state index >= 15 is 0 Å². The van der Waals surface area contributed by atoms with Gasteiger partial charge in [-0.2, -0.15) is 0 Å². The van der Waals surface area contributed by atoms with Crippen molar-refractivity contribution < 1.29 is 14.3 Å². The molecule has 168 valence electrons. The summed E-state index contributed by atoms with van der Waals surface area (Å²) in [7, 11) is 0. The van der Waals surface area contributed by atoms with E-state index in [2.05, 4.69) is 22.1 Å². The number of rotatable bonds is 8. The predicted molar refractivity (Wildman–Crippen MR) is 127 cm³/mol. The van der Waals surface area contributed by atoms with Gasteiger partial charge in [-0.15, -0.1) is 16.8 Å². The molecule has 10 heteroatoms. The van der Waals surface area contributed by atoms with Crippen LogP contribution in [0.2, 0.25) is 0 Å². The first-order chi connectivity index (χ1) is 16.0. The fourth-order valence-electron chi connectivity index (χ4n) is 3.42. The minimum Gasteiger partial charge on any atom is -0.462 e. The van der Waals surface area contributed by atoms with E-state index in [1.807, 2.05) is 12.1 Å². The van der Waals surface area contributed by atoms with Crippen molar-refractivity contribution in [2.24, 2.45) is 0 Å². The number of carbonyl (C=O) groups is 2. The molecule has 0 fully saturated rings. The summed E-state index contributed by atoms with van der Waals surface area (Å²) in [4.78, 5) is 37.7. The summed E-state index contributed by atoms with van der Waals surface area (Å²) < 4.78 is 8.29. The molecule has 0 unspecified atom stereocenters. The smallest absolute Gasteiger partial charge is 0.340 e. The second-order valence-electron chi connectivity index (χ2n) is 6.94. The van der Waals surface area contributed by atoms with Gasteiger partial charge in [0.05, 0.1) is 34.5 Å². The number of nitrogens with zero attached hydrogens (tertiary/aromatic N) is 4. The molecule has 0 saturated heterocycles. The van der Waals surface area contributed by atoms with Crippen molar-refractivity contribution in [3.8, 4) is 0 Å². The second-order valence-corrected chi connectivity index (χ2v) is 7.88. The Kier molecular flexibility index (Phi) is 6.55. The molecule has 4 aromatic rings. The van der Waals surface area contributed by atoms with Crippen LogP contribution in [0.4, 0.5) is 5.69 Å². The van der Waals surface area contributed by atoms with Crippen LogP contribution in [0.15, 0.2) is 71.1 Å². The van der Waals surface area contributed by atoms with E-state index in [-0.39, 0.29) is 35.9 Å². The summed E-state index contributed by atoms with van der Waals surface area (Å²) in [5.74, 6) is -0.435. The maximum absolute atomic E-state index is 12.9. The Morgan fingerprint density at radius 3 is 2.70 bits per heavy atom. The zero-order valence-corrected chi connectivity index (χ0v) is 18.7. The fourth-order valence-corrected chi connectivity index (χ4v) is 4.16. The molecule has 0 atom stereocenters. The van der Waals surface area contributed by atoms with Crippen LogP contribution >= 0.6 is 11.8 Å². The van der Waals surface area contributed by atoms with Crippen molar-refractivity contribution in [1.29, 1.82) is 0 Å². The number of aromatic nitrogens is 4. The number of anilines is 1. The monoisotopic (exact) mass is 463 g/mol. The van der Waals surface area contributed by atoms with Gasteiger partial charge >= 0.3 is 5.97 Å². The van der Waals surface area contributed by atoms with Gasteiger partial charge in [0.2, 0.25) is 11.7 Å². The highest BCUT2D eigenvalue weighted by molar-refractivity contribution is 7.99. The topological polar surface area (TPSA) is 108 Å². The van der Waals surface area contributed by atoms with Crippen LogP contribution in [0, 0.1) is 0 Å². The highest BCUT2D eigenvalue weighted by Gasteiger charge is 2.18. The highest BCUT2D eigenvalue weighted by Crippen LogP contribution is 2.22. The number of fused-ring (bicyclic) bond motifs is 3. The van der Waals surface area contributed by atoms with E-state index in [4.69, 9.17) is 4.74 Å². The van der Waals surface area contributed by atoms with Gasteiger partial charge in [0.15, 0.2) is 5.16 Å². The molecule has 0 aliphatic rings. The van der Waals surface area contributed by atoms with Crippen molar-refractivity contribution in [2.45, 2.75) is 18.6 Å². The molecule has 4 rings (SSSR count). The van der Waals surface area contributed by atoms with Crippen LogP contribution in [-0.4, -0.2) is 43.4 Å². The summed E-state index contributed by atoms with van der Waals surface area (Å²) in [5.41, 5.74) is 1.12. The van der Waals surface area contributed by atoms with Gasteiger partial charge in [-0.3, -0.25) is 18.6 Å². The Hall–Kier alpha value is -3.92. The molecule has 33 heavy (non-hydrogen) atoms. The third-order valence-corrected chi connectivity index (χ3v) is 5.75. The number of thioether (sulfide) groups is 1. The molecule has 0 radical (unpaired) electrons. The fraction of sp³-hybridized carbons (Fsp3) is 0.174. The molecule has 0 aliphatic carbocycles. The summed E-state index contributed by atoms with van der Waals surface area (Å²) in [6, 6.07) is 13.8. The third-order valence-electron chi connectivity index (χ3n) is 4.82. The number of para-hydroxylation sites is 2. The number of hydrogen-bond acceptors (Lipinski definition) is 7. The standard InChI is InChI=1S/C23H21N5O4S/c1-3-13-27-20(30)16-10-6-8-12-18(16)28-22(27)25-26-23(28)33-14-19(29)24-17-11-7-5-9-15(17)21(31)32-4-2/h3,5-12H,1,4,13-14H2,2H3,(H,24,29). The van der Waals surface area contributed by atoms with Crippen LogP contribution in [0.3, 0.4) is 0 Å². The van der Waals surface area contributed by atoms with Crippen molar-refractivity contribution >= 4 is 46.0 Å². The third kappa shape index (κ3) is 4.37. The Bertz CT molecular complexity index is 1430. The summed E-state index contributed by atoms with van der Waals surface area (Å²) in [6.45, 7) is 5.95. The van der Waals surface area contributed by atoms with Gasteiger partial charge in [0.1, 0.15) is 0 Å². The number of benzene rings is 2. The molecule has 2 heterocycles. The normalized spacial score (nSPS) is 10.9. The molecular weight excluding hydrogens is 442 g/mol. The van der Waals surface area contributed by atoms with Crippen LogP contribution in [0.5, 0.6) is 0 Å². The Morgan fingerprint density at radius 1 is 1.15 bits per heavy atom. The van der Waals surface area contributed by atoms with E-state index in [0.29, 0.717) is 27.5 Å². The SMILES string of the molecule is C=CCn1c(=O)c2ccccc2n2c(SCC(=O)Nc3ccccc3C(=O)OCC)nnc12. The lowest BCUT2D eigenvalue weighted by molar-refractivity contribution is -0.113. The zero-order chi connectivity index (χ0) is 23.4. The minimum atomic E-state index is -0.504. The van der Waals surface area contributed by atoms with Crippen molar-refractivity contribution in [3.05, 3.63) is 77.1 Å². The van der Waals surface area contributed by atoms with Crippen LogP contribution in [-0.2, 0) is 16.1 Å². The van der Waals surface area contributed by atoms with Crippen LogP contribution < -0.4 is 10.9 Å². The van der Waals surface area contributed by atoms with E-state index in [0.717, 1.165) is 0 Å². The Labute approximate surface area is 193 Å². The number of hydrogen-bond donors (Lipinski definition) is 1. The Morgan fingerprint density at radius 2 is 1.91 bits per heavy atom. The lowest BCUT2D eigenvalue weighted by atomic mass is 10.2. The quantitative estimate of drug-likeness (QED) is 0.243. The summed E-state index contributed by atoms with van der Waals surface area (Å²) in [6.07, 6.45) is 1.62. The first kappa shape index (κ1) is 22.3. The van der Waals surface area contributed by atoms with Gasteiger partial charge in [0, 0.05) is 6.54 Å². The number of ether oxygens (including phenoxy) is 1. The number of nitrogens with one attached hydrogen (secondary N) is 1. The Balaban J connectivity index is 1.61. The molecule has 0 saturated carbocycles. The molecule has 9 nitrogen and oxygen atoms in total. The molecule has 2 aromatic heterocycles.